The van der Waals surface area contributed by atoms with Crippen LogP contribution in [0.25, 0.3) is 0 Å². The van der Waals surface area contributed by atoms with Gasteiger partial charge in [0.1, 0.15) is 17.5 Å². The molecule has 6 rings (SSSR count). The number of alkyl halides is 3. The summed E-state index contributed by atoms with van der Waals surface area (Å²) in [6.07, 6.45) is -3.29. The molecule has 2 aromatic rings. The summed E-state index contributed by atoms with van der Waals surface area (Å²) in [5.41, 5.74) is 0.529. The van der Waals surface area contributed by atoms with Crippen molar-refractivity contribution < 1.29 is 32.2 Å². The smallest absolute Gasteiger partial charge is 0.437 e. The summed E-state index contributed by atoms with van der Waals surface area (Å²) < 4.78 is 60.2. The molecule has 42 heavy (non-hydrogen) atoms. The second-order valence-electron chi connectivity index (χ2n) is 12.4. The third kappa shape index (κ3) is 5.68. The van der Waals surface area contributed by atoms with Crippen molar-refractivity contribution in [1.29, 1.82) is 0 Å². The van der Waals surface area contributed by atoms with Crippen molar-refractivity contribution in [2.75, 3.05) is 62.7 Å². The number of ether oxygens (including phenoxy) is 3. The van der Waals surface area contributed by atoms with Gasteiger partial charge in [-0.15, -0.1) is 0 Å². The molecule has 228 valence electrons. The van der Waals surface area contributed by atoms with Crippen molar-refractivity contribution in [2.24, 2.45) is 0 Å². The van der Waals surface area contributed by atoms with Crippen molar-refractivity contribution in [2.45, 2.75) is 64.0 Å². The van der Waals surface area contributed by atoms with Crippen molar-refractivity contribution in [1.82, 2.24) is 19.8 Å². The molecular weight excluding hydrogens is 553 g/mol. The maximum atomic E-state index is 14.4. The van der Waals surface area contributed by atoms with E-state index >= 15 is 0 Å². The maximum absolute atomic E-state index is 14.4. The standard InChI is InChI=1S/C29H37F3N6O4/c1-17-23-22(36-9-11-40-12-10-36)5-7-33-26(23)35-21-13-20(34-25(24(21)41-17)29(30,31)32)18-14-38(15-18)19-6-8-37(16-19)27(39)42-28(2,3)4/h5,7,13,17-19H,6,8-12,14-16H2,1-4H3,(H,33,35)/t17-,19+/m0/s1. The molecule has 4 aliphatic rings. The maximum Gasteiger partial charge on any atom is 0.437 e. The Balaban J connectivity index is 1.22. The zero-order chi connectivity index (χ0) is 29.8. The van der Waals surface area contributed by atoms with E-state index in [1.54, 1.807) is 24.1 Å². The second kappa shape index (κ2) is 10.7. The van der Waals surface area contributed by atoms with Crippen LogP contribution in [-0.2, 0) is 15.7 Å². The molecule has 4 aliphatic heterocycles. The first-order chi connectivity index (χ1) is 19.9. The molecule has 2 aromatic heterocycles. The van der Waals surface area contributed by atoms with Crippen LogP contribution >= 0.6 is 0 Å². The highest BCUT2D eigenvalue weighted by molar-refractivity contribution is 5.75. The molecule has 0 unspecified atom stereocenters. The van der Waals surface area contributed by atoms with Gasteiger partial charge in [0.2, 0.25) is 0 Å². The van der Waals surface area contributed by atoms with Crippen LogP contribution in [0.15, 0.2) is 18.3 Å². The number of rotatable bonds is 3. The summed E-state index contributed by atoms with van der Waals surface area (Å²) in [6, 6.07) is 3.67. The zero-order valence-corrected chi connectivity index (χ0v) is 24.3. The van der Waals surface area contributed by atoms with E-state index in [-0.39, 0.29) is 29.5 Å². The Morgan fingerprint density at radius 3 is 2.55 bits per heavy atom. The van der Waals surface area contributed by atoms with E-state index in [4.69, 9.17) is 14.2 Å². The quantitative estimate of drug-likeness (QED) is 0.534. The highest BCUT2D eigenvalue weighted by Crippen LogP contribution is 2.48. The predicted molar refractivity (Wildman–Crippen MR) is 149 cm³/mol. The molecule has 3 saturated heterocycles. The molecule has 0 saturated carbocycles. The Morgan fingerprint density at radius 1 is 1.12 bits per heavy atom. The van der Waals surface area contributed by atoms with Crippen molar-refractivity contribution in [3.05, 3.63) is 35.3 Å². The first-order valence-electron chi connectivity index (χ1n) is 14.5. The molecule has 3 fully saturated rings. The van der Waals surface area contributed by atoms with Gasteiger partial charge in [0, 0.05) is 68.8 Å². The summed E-state index contributed by atoms with van der Waals surface area (Å²) in [5, 5.41) is 3.17. The van der Waals surface area contributed by atoms with Gasteiger partial charge in [0.15, 0.2) is 11.4 Å². The number of hydrogen-bond acceptors (Lipinski definition) is 9. The lowest BCUT2D eigenvalue weighted by Gasteiger charge is -2.43. The van der Waals surface area contributed by atoms with Gasteiger partial charge in [-0.2, -0.15) is 13.2 Å². The first-order valence-corrected chi connectivity index (χ1v) is 14.5. The molecular formula is C29H37F3N6O4. The van der Waals surface area contributed by atoms with E-state index in [9.17, 15) is 18.0 Å². The molecule has 0 bridgehead atoms. The third-order valence-electron chi connectivity index (χ3n) is 8.19. The SMILES string of the molecule is C[C@@H]1Oc2c(cc(C3CN([C@@H]4CCN(C(=O)OC(C)(C)C)C4)C3)nc2C(F)(F)F)Nc2nccc(N3CCOCC3)c21. The van der Waals surface area contributed by atoms with Gasteiger partial charge >= 0.3 is 12.3 Å². The highest BCUT2D eigenvalue weighted by atomic mass is 19.4. The van der Waals surface area contributed by atoms with Gasteiger partial charge in [-0.25, -0.2) is 14.8 Å². The number of carbonyl (C=O) groups excluding carboxylic acids is 1. The Labute approximate surface area is 243 Å². The lowest BCUT2D eigenvalue weighted by Crippen LogP contribution is -2.52. The van der Waals surface area contributed by atoms with Crippen molar-refractivity contribution in [3.8, 4) is 5.75 Å². The van der Waals surface area contributed by atoms with E-state index in [1.807, 2.05) is 26.8 Å². The number of morpholine rings is 1. The number of halogens is 3. The minimum absolute atomic E-state index is 0.133. The number of anilines is 3. The average molecular weight is 591 g/mol. The fourth-order valence-corrected chi connectivity index (χ4v) is 6.10. The average Bonchev–Trinajstić information content (AvgIpc) is 3.32. The van der Waals surface area contributed by atoms with Crippen molar-refractivity contribution in [3.63, 3.8) is 0 Å². The molecule has 13 heteroatoms. The number of aromatic nitrogens is 2. The number of fused-ring (bicyclic) bond motifs is 2. The molecule has 0 spiro atoms. The van der Waals surface area contributed by atoms with E-state index in [0.717, 1.165) is 12.1 Å². The number of likely N-dealkylation sites (tertiary alicyclic amines) is 2. The Kier molecular flexibility index (Phi) is 7.37. The molecule has 10 nitrogen and oxygen atoms in total. The zero-order valence-electron chi connectivity index (χ0n) is 24.3. The van der Waals surface area contributed by atoms with E-state index < -0.39 is 23.6 Å². The van der Waals surface area contributed by atoms with Gasteiger partial charge in [0.05, 0.1) is 24.5 Å². The number of nitrogens with zero attached hydrogens (tertiary/aromatic N) is 5. The minimum atomic E-state index is -4.71. The van der Waals surface area contributed by atoms with Gasteiger partial charge in [-0.1, -0.05) is 0 Å². The van der Waals surface area contributed by atoms with Gasteiger partial charge < -0.3 is 29.3 Å². The summed E-state index contributed by atoms with van der Waals surface area (Å²) in [7, 11) is 0. The lowest BCUT2D eigenvalue weighted by atomic mass is 9.92. The summed E-state index contributed by atoms with van der Waals surface area (Å²) in [5.74, 6) is -0.0230. The fourth-order valence-electron chi connectivity index (χ4n) is 6.10. The number of nitrogens with one attached hydrogen (secondary N) is 1. The summed E-state index contributed by atoms with van der Waals surface area (Å²) in [6.45, 7) is 12.0. The van der Waals surface area contributed by atoms with Crippen LogP contribution in [-0.4, -0.2) is 90.0 Å². The number of amides is 1. The van der Waals surface area contributed by atoms with E-state index in [1.165, 1.54) is 0 Å². The summed E-state index contributed by atoms with van der Waals surface area (Å²) in [4.78, 5) is 27.1. The molecule has 0 aromatic carbocycles. The monoisotopic (exact) mass is 590 g/mol. The van der Waals surface area contributed by atoms with Crippen LogP contribution in [0.3, 0.4) is 0 Å². The normalized spacial score (nSPS) is 23.3. The first kappa shape index (κ1) is 28.8. The number of carbonyl (C=O) groups is 1. The van der Waals surface area contributed by atoms with Crippen LogP contribution in [0.1, 0.15) is 63.1 Å². The van der Waals surface area contributed by atoms with Gasteiger partial charge in [0.25, 0.3) is 0 Å². The number of hydrogen-bond donors (Lipinski definition) is 1. The third-order valence-corrected chi connectivity index (χ3v) is 8.19. The molecule has 1 amide bonds. The van der Waals surface area contributed by atoms with Crippen LogP contribution in [0.5, 0.6) is 5.75 Å². The largest absolute Gasteiger partial charge is 0.481 e. The molecule has 1 N–H and O–H groups in total. The van der Waals surface area contributed by atoms with Gasteiger partial charge in [-0.3, -0.25) is 4.90 Å². The fraction of sp³-hybridized carbons (Fsp3) is 0.621. The van der Waals surface area contributed by atoms with Crippen LogP contribution < -0.4 is 15.0 Å². The van der Waals surface area contributed by atoms with Crippen LogP contribution in [0.4, 0.5) is 35.2 Å². The Hall–Kier alpha value is -3.32. The molecule has 0 aliphatic carbocycles. The lowest BCUT2D eigenvalue weighted by molar-refractivity contribution is -0.143. The van der Waals surface area contributed by atoms with E-state index in [0.29, 0.717) is 69.6 Å². The topological polar surface area (TPSA) is 92.3 Å². The van der Waals surface area contributed by atoms with Crippen molar-refractivity contribution >= 4 is 23.3 Å². The number of pyridine rings is 2. The van der Waals surface area contributed by atoms with Crippen LogP contribution in [0, 0.1) is 0 Å². The van der Waals surface area contributed by atoms with Gasteiger partial charge in [-0.05, 0) is 46.2 Å². The minimum Gasteiger partial charge on any atom is -0.481 e. The summed E-state index contributed by atoms with van der Waals surface area (Å²) >= 11 is 0. The molecule has 2 atom stereocenters. The second-order valence-corrected chi connectivity index (χ2v) is 12.4. The van der Waals surface area contributed by atoms with E-state index in [2.05, 4.69) is 25.1 Å². The van der Waals surface area contributed by atoms with Crippen LogP contribution in [0.2, 0.25) is 0 Å². The molecule has 0 radical (unpaired) electrons. The molecule has 6 heterocycles. The highest BCUT2D eigenvalue weighted by Gasteiger charge is 2.44. The predicted octanol–water partition coefficient (Wildman–Crippen LogP) is 4.94. The Bertz CT molecular complexity index is 1340. The Morgan fingerprint density at radius 2 is 1.86 bits per heavy atom.